The van der Waals surface area contributed by atoms with Gasteiger partial charge in [-0.05, 0) is 42.8 Å². The maximum Gasteiger partial charge on any atom is 0.141 e. The van der Waals surface area contributed by atoms with Crippen molar-refractivity contribution in [2.24, 2.45) is 0 Å². The number of aliphatic hydroxyl groups is 1. The van der Waals surface area contributed by atoms with Crippen molar-refractivity contribution in [2.45, 2.75) is 18.9 Å². The van der Waals surface area contributed by atoms with Crippen molar-refractivity contribution in [3.05, 3.63) is 70.0 Å². The number of nitrogens with zero attached hydrogens (tertiary/aromatic N) is 3. The summed E-state index contributed by atoms with van der Waals surface area (Å²) >= 11 is 11.8. The lowest BCUT2D eigenvalue weighted by Crippen LogP contribution is -2.24. The monoisotopic (exact) mass is 363 g/mol. The molecule has 1 heterocycles. The maximum atomic E-state index is 10.7. The second-order valence-corrected chi connectivity index (χ2v) is 6.62. The number of aromatic hydroxyl groups is 1. The third-order valence-electron chi connectivity index (χ3n) is 3.72. The highest BCUT2D eigenvalue weighted by molar-refractivity contribution is 6.31. The van der Waals surface area contributed by atoms with E-state index in [-0.39, 0.29) is 12.2 Å². The standard InChI is InChI=1S/C17H15Cl2N3O2/c1-17(24,11-2-4-12(18)5-3-11)9-14-10-22(21-20-14)15-8-13(19)6-7-16(15)23/h2-8,10,23-24H,9H2,1H3. The molecule has 0 fully saturated rings. The van der Waals surface area contributed by atoms with Crippen molar-refractivity contribution in [1.82, 2.24) is 15.0 Å². The Morgan fingerprint density at radius 3 is 2.46 bits per heavy atom. The van der Waals surface area contributed by atoms with E-state index in [9.17, 15) is 10.2 Å². The number of hydrogen-bond donors (Lipinski definition) is 2. The van der Waals surface area contributed by atoms with Crippen molar-refractivity contribution in [3.63, 3.8) is 0 Å². The highest BCUT2D eigenvalue weighted by atomic mass is 35.5. The normalized spacial score (nSPS) is 13.7. The van der Waals surface area contributed by atoms with Gasteiger partial charge in [0.25, 0.3) is 0 Å². The second kappa shape index (κ2) is 6.43. The van der Waals surface area contributed by atoms with Gasteiger partial charge < -0.3 is 10.2 Å². The first-order valence-corrected chi connectivity index (χ1v) is 7.99. The van der Waals surface area contributed by atoms with Crippen LogP contribution in [0.5, 0.6) is 5.75 Å². The minimum atomic E-state index is -1.12. The van der Waals surface area contributed by atoms with Crippen LogP contribution in [0.4, 0.5) is 0 Å². The molecule has 2 N–H and O–H groups in total. The smallest absolute Gasteiger partial charge is 0.141 e. The molecule has 0 aliphatic carbocycles. The molecule has 0 amide bonds. The fraction of sp³-hybridized carbons (Fsp3) is 0.176. The van der Waals surface area contributed by atoms with Gasteiger partial charge in [-0.2, -0.15) is 0 Å². The van der Waals surface area contributed by atoms with Gasteiger partial charge in [-0.1, -0.05) is 40.5 Å². The van der Waals surface area contributed by atoms with E-state index >= 15 is 0 Å². The molecule has 5 nitrogen and oxygen atoms in total. The van der Waals surface area contributed by atoms with E-state index in [1.165, 1.54) is 10.7 Å². The molecule has 1 aromatic heterocycles. The van der Waals surface area contributed by atoms with Crippen LogP contribution in [0, 0.1) is 0 Å². The third kappa shape index (κ3) is 3.53. The zero-order valence-corrected chi connectivity index (χ0v) is 14.3. The van der Waals surface area contributed by atoms with Crippen molar-refractivity contribution in [1.29, 1.82) is 0 Å². The summed E-state index contributed by atoms with van der Waals surface area (Å²) in [6.07, 6.45) is 1.91. The average molecular weight is 364 g/mol. The summed E-state index contributed by atoms with van der Waals surface area (Å²) < 4.78 is 1.43. The molecule has 0 aliphatic heterocycles. The largest absolute Gasteiger partial charge is 0.506 e. The number of phenols is 1. The van der Waals surface area contributed by atoms with Gasteiger partial charge in [0, 0.05) is 16.5 Å². The van der Waals surface area contributed by atoms with Gasteiger partial charge in [0.1, 0.15) is 11.4 Å². The first-order valence-electron chi connectivity index (χ1n) is 7.24. The fourth-order valence-electron chi connectivity index (χ4n) is 2.44. The van der Waals surface area contributed by atoms with Gasteiger partial charge >= 0.3 is 0 Å². The van der Waals surface area contributed by atoms with Crippen LogP contribution in [0.3, 0.4) is 0 Å². The molecule has 3 aromatic rings. The lowest BCUT2D eigenvalue weighted by molar-refractivity contribution is 0.0566. The van der Waals surface area contributed by atoms with Gasteiger partial charge in [0.15, 0.2) is 0 Å². The highest BCUT2D eigenvalue weighted by Crippen LogP contribution is 2.28. The summed E-state index contributed by atoms with van der Waals surface area (Å²) in [4.78, 5) is 0. The summed E-state index contributed by atoms with van der Waals surface area (Å²) in [6, 6.07) is 11.7. The Hall–Kier alpha value is -2.08. The SMILES string of the molecule is CC(O)(Cc1cn(-c2cc(Cl)ccc2O)nn1)c1ccc(Cl)cc1. The van der Waals surface area contributed by atoms with Crippen LogP contribution in [0.25, 0.3) is 5.69 Å². The number of aromatic nitrogens is 3. The Bertz CT molecular complexity index is 861. The van der Waals surface area contributed by atoms with E-state index in [0.717, 1.165) is 5.56 Å². The molecule has 0 saturated heterocycles. The van der Waals surface area contributed by atoms with Crippen LogP contribution in [0.1, 0.15) is 18.2 Å². The van der Waals surface area contributed by atoms with Gasteiger partial charge in [-0.3, -0.25) is 0 Å². The summed E-state index contributed by atoms with van der Waals surface area (Å²) in [7, 11) is 0. The summed E-state index contributed by atoms with van der Waals surface area (Å²) in [5.74, 6) is 0.0420. The predicted octanol–water partition coefficient (Wildman–Crippen LogP) is 3.73. The summed E-state index contributed by atoms with van der Waals surface area (Å²) in [5.41, 5.74) is 0.607. The molecule has 1 unspecified atom stereocenters. The van der Waals surface area contributed by atoms with Crippen LogP contribution >= 0.6 is 23.2 Å². The molecular weight excluding hydrogens is 349 g/mol. The van der Waals surface area contributed by atoms with Gasteiger partial charge in [0.2, 0.25) is 0 Å². The van der Waals surface area contributed by atoms with Crippen LogP contribution in [0.2, 0.25) is 10.0 Å². The van der Waals surface area contributed by atoms with Crippen LogP contribution in [-0.2, 0) is 12.0 Å². The van der Waals surface area contributed by atoms with Crippen LogP contribution < -0.4 is 0 Å². The highest BCUT2D eigenvalue weighted by Gasteiger charge is 2.25. The third-order valence-corrected chi connectivity index (χ3v) is 4.20. The summed E-state index contributed by atoms with van der Waals surface area (Å²) in [6.45, 7) is 1.70. The van der Waals surface area contributed by atoms with Crippen molar-refractivity contribution < 1.29 is 10.2 Å². The Balaban J connectivity index is 1.85. The number of benzene rings is 2. The van der Waals surface area contributed by atoms with E-state index in [4.69, 9.17) is 23.2 Å². The first-order chi connectivity index (χ1) is 11.3. The lowest BCUT2D eigenvalue weighted by Gasteiger charge is -2.22. The van der Waals surface area contributed by atoms with E-state index < -0.39 is 5.60 Å². The molecule has 0 saturated carbocycles. The molecule has 7 heteroatoms. The van der Waals surface area contributed by atoms with Crippen LogP contribution in [-0.4, -0.2) is 25.2 Å². The molecule has 0 radical (unpaired) electrons. The Labute approximate surface area is 149 Å². The quantitative estimate of drug-likeness (QED) is 0.740. The lowest BCUT2D eigenvalue weighted by atomic mass is 9.91. The Kier molecular flexibility index (Phi) is 4.49. The minimum absolute atomic E-state index is 0.0420. The maximum absolute atomic E-state index is 10.7. The zero-order valence-electron chi connectivity index (χ0n) is 12.8. The molecule has 0 bridgehead atoms. The van der Waals surface area contributed by atoms with E-state index in [2.05, 4.69) is 10.3 Å². The number of hydrogen-bond acceptors (Lipinski definition) is 4. The first kappa shape index (κ1) is 16.8. The van der Waals surface area contributed by atoms with Gasteiger partial charge in [0.05, 0.1) is 17.5 Å². The second-order valence-electron chi connectivity index (χ2n) is 5.75. The van der Waals surface area contributed by atoms with Crippen molar-refractivity contribution >= 4 is 23.2 Å². The molecule has 2 aromatic carbocycles. The molecule has 1 atom stereocenters. The summed E-state index contributed by atoms with van der Waals surface area (Å²) in [5, 5.41) is 29.8. The molecular formula is C17H15Cl2N3O2. The molecule has 124 valence electrons. The molecule has 3 rings (SSSR count). The number of phenolic OH excluding ortho intramolecular Hbond substituents is 1. The zero-order chi connectivity index (χ0) is 17.3. The predicted molar refractivity (Wildman–Crippen MR) is 92.8 cm³/mol. The van der Waals surface area contributed by atoms with Crippen molar-refractivity contribution in [3.8, 4) is 11.4 Å². The van der Waals surface area contributed by atoms with Crippen molar-refractivity contribution in [2.75, 3.05) is 0 Å². The topological polar surface area (TPSA) is 71.2 Å². The van der Waals surface area contributed by atoms with Crippen LogP contribution in [0.15, 0.2) is 48.7 Å². The average Bonchev–Trinajstić information content (AvgIpc) is 2.97. The number of rotatable bonds is 4. The Morgan fingerprint density at radius 2 is 1.75 bits per heavy atom. The van der Waals surface area contributed by atoms with Gasteiger partial charge in [-0.25, -0.2) is 4.68 Å². The van der Waals surface area contributed by atoms with E-state index in [1.807, 2.05) is 0 Å². The molecule has 0 aliphatic rings. The van der Waals surface area contributed by atoms with Gasteiger partial charge in [-0.15, -0.1) is 5.10 Å². The minimum Gasteiger partial charge on any atom is -0.506 e. The van der Waals surface area contributed by atoms with E-state index in [1.54, 1.807) is 49.5 Å². The number of halogens is 2. The van der Waals surface area contributed by atoms with E-state index in [0.29, 0.717) is 21.4 Å². The molecule has 24 heavy (non-hydrogen) atoms. The fourth-order valence-corrected chi connectivity index (χ4v) is 2.73. The molecule has 0 spiro atoms. The Morgan fingerprint density at radius 1 is 1.08 bits per heavy atom.